The number of nitrogens with zero attached hydrogens (tertiary/aromatic N) is 1. The first-order valence-electron chi connectivity index (χ1n) is 6.65. The van der Waals surface area contributed by atoms with Gasteiger partial charge in [-0.3, -0.25) is 4.90 Å². The number of hydrogen-bond acceptors (Lipinski definition) is 4. The van der Waals surface area contributed by atoms with Gasteiger partial charge in [-0.1, -0.05) is 32.9 Å². The highest BCUT2D eigenvalue weighted by molar-refractivity contribution is 5.38. The molecule has 0 heterocycles. The Balaban J connectivity index is 2.92. The van der Waals surface area contributed by atoms with E-state index >= 15 is 0 Å². The number of aliphatic hydroxyl groups is 2. The number of phenols is 1. The molecule has 1 aromatic carbocycles. The van der Waals surface area contributed by atoms with Crippen LogP contribution in [0.2, 0.25) is 0 Å². The second-order valence-corrected chi connectivity index (χ2v) is 5.82. The molecule has 0 fully saturated rings. The summed E-state index contributed by atoms with van der Waals surface area (Å²) in [6.45, 7) is 7.96. The normalized spacial score (nSPS) is 12.1. The van der Waals surface area contributed by atoms with E-state index < -0.39 is 0 Å². The minimum atomic E-state index is 0.0290. The summed E-state index contributed by atoms with van der Waals surface area (Å²) in [5.41, 5.74) is 2.02. The van der Waals surface area contributed by atoms with Gasteiger partial charge in [-0.05, 0) is 17.0 Å². The predicted octanol–water partition coefficient (Wildman–Crippen LogP) is 1.48. The maximum absolute atomic E-state index is 9.93. The van der Waals surface area contributed by atoms with Crippen LogP contribution in [-0.2, 0) is 12.0 Å². The molecule has 4 heteroatoms. The van der Waals surface area contributed by atoms with Gasteiger partial charge in [-0.15, -0.1) is 0 Å². The first kappa shape index (κ1) is 16.0. The summed E-state index contributed by atoms with van der Waals surface area (Å²) in [7, 11) is 0. The van der Waals surface area contributed by atoms with Crippen LogP contribution in [0.15, 0.2) is 18.2 Å². The summed E-state index contributed by atoms with van der Waals surface area (Å²) in [6.07, 6.45) is 0. The van der Waals surface area contributed by atoms with Crippen molar-refractivity contribution in [1.29, 1.82) is 0 Å². The van der Waals surface area contributed by atoms with Crippen molar-refractivity contribution in [3.63, 3.8) is 0 Å². The van der Waals surface area contributed by atoms with Crippen molar-refractivity contribution in [1.82, 2.24) is 4.90 Å². The first-order valence-corrected chi connectivity index (χ1v) is 6.65. The molecule has 0 spiro atoms. The molecule has 0 bridgehead atoms. The number of hydrogen-bond donors (Lipinski definition) is 3. The van der Waals surface area contributed by atoms with Gasteiger partial charge >= 0.3 is 0 Å². The van der Waals surface area contributed by atoms with E-state index in [1.54, 1.807) is 6.07 Å². The zero-order chi connectivity index (χ0) is 14.5. The second kappa shape index (κ2) is 6.89. The molecular weight excluding hydrogens is 242 g/mol. The lowest BCUT2D eigenvalue weighted by Gasteiger charge is -2.24. The third-order valence-electron chi connectivity index (χ3n) is 3.17. The maximum atomic E-state index is 9.93. The van der Waals surface area contributed by atoms with Crippen molar-refractivity contribution >= 4 is 0 Å². The molecule has 0 aliphatic heterocycles. The number of aromatic hydroxyl groups is 1. The second-order valence-electron chi connectivity index (χ2n) is 5.82. The minimum Gasteiger partial charge on any atom is -0.508 e. The van der Waals surface area contributed by atoms with E-state index in [4.69, 9.17) is 10.2 Å². The zero-order valence-electron chi connectivity index (χ0n) is 12.1. The third kappa shape index (κ3) is 4.82. The average Bonchev–Trinajstić information content (AvgIpc) is 2.31. The average molecular weight is 267 g/mol. The van der Waals surface area contributed by atoms with Gasteiger partial charge in [-0.25, -0.2) is 0 Å². The van der Waals surface area contributed by atoms with E-state index in [1.807, 2.05) is 17.0 Å². The highest BCUT2D eigenvalue weighted by Crippen LogP contribution is 2.28. The lowest BCUT2D eigenvalue weighted by atomic mass is 9.86. The fourth-order valence-electron chi connectivity index (χ4n) is 1.97. The van der Waals surface area contributed by atoms with Crippen LogP contribution in [0.3, 0.4) is 0 Å². The molecule has 0 amide bonds. The smallest absolute Gasteiger partial charge is 0.120 e. The lowest BCUT2D eigenvalue weighted by molar-refractivity contribution is 0.155. The van der Waals surface area contributed by atoms with Gasteiger partial charge in [0.2, 0.25) is 0 Å². The molecule has 108 valence electrons. The van der Waals surface area contributed by atoms with Gasteiger partial charge in [0.15, 0.2) is 0 Å². The van der Waals surface area contributed by atoms with E-state index in [0.717, 1.165) is 11.1 Å². The summed E-state index contributed by atoms with van der Waals surface area (Å²) >= 11 is 0. The fraction of sp³-hybridized carbons (Fsp3) is 0.600. The van der Waals surface area contributed by atoms with Gasteiger partial charge < -0.3 is 15.3 Å². The molecule has 4 nitrogen and oxygen atoms in total. The molecule has 0 unspecified atom stereocenters. The summed E-state index contributed by atoms with van der Waals surface area (Å²) in [5.74, 6) is 0.258. The van der Waals surface area contributed by atoms with E-state index in [2.05, 4.69) is 20.8 Å². The summed E-state index contributed by atoms with van der Waals surface area (Å²) < 4.78 is 0. The molecule has 1 aromatic rings. The van der Waals surface area contributed by atoms with Gasteiger partial charge in [0, 0.05) is 25.2 Å². The molecule has 0 aliphatic carbocycles. The van der Waals surface area contributed by atoms with Crippen LogP contribution in [0.25, 0.3) is 0 Å². The van der Waals surface area contributed by atoms with Crippen LogP contribution in [0.1, 0.15) is 31.9 Å². The van der Waals surface area contributed by atoms with Crippen molar-refractivity contribution in [2.75, 3.05) is 26.3 Å². The zero-order valence-corrected chi connectivity index (χ0v) is 12.1. The first-order chi connectivity index (χ1) is 8.88. The number of benzene rings is 1. The quantitative estimate of drug-likeness (QED) is 0.730. The van der Waals surface area contributed by atoms with Gasteiger partial charge in [-0.2, -0.15) is 0 Å². The van der Waals surface area contributed by atoms with Crippen molar-refractivity contribution in [2.45, 2.75) is 32.7 Å². The third-order valence-corrected chi connectivity index (χ3v) is 3.17. The van der Waals surface area contributed by atoms with Crippen molar-refractivity contribution in [3.05, 3.63) is 29.3 Å². The van der Waals surface area contributed by atoms with E-state index in [0.29, 0.717) is 19.6 Å². The van der Waals surface area contributed by atoms with Crippen molar-refractivity contribution in [2.24, 2.45) is 0 Å². The summed E-state index contributed by atoms with van der Waals surface area (Å²) in [6, 6.07) is 5.64. The van der Waals surface area contributed by atoms with Crippen molar-refractivity contribution in [3.8, 4) is 5.75 Å². The number of rotatable bonds is 6. The molecule has 0 aliphatic rings. The Morgan fingerprint density at radius 3 is 2.11 bits per heavy atom. The van der Waals surface area contributed by atoms with Crippen LogP contribution >= 0.6 is 0 Å². The summed E-state index contributed by atoms with van der Waals surface area (Å²) in [4.78, 5) is 1.92. The number of aliphatic hydroxyl groups excluding tert-OH is 2. The highest BCUT2D eigenvalue weighted by Gasteiger charge is 2.16. The van der Waals surface area contributed by atoms with Crippen molar-refractivity contribution < 1.29 is 15.3 Å². The minimum absolute atomic E-state index is 0.0290. The molecule has 19 heavy (non-hydrogen) atoms. The molecular formula is C15H25NO3. The van der Waals surface area contributed by atoms with Crippen LogP contribution in [0.5, 0.6) is 5.75 Å². The molecule has 0 aromatic heterocycles. The topological polar surface area (TPSA) is 63.9 Å². The largest absolute Gasteiger partial charge is 0.508 e. The van der Waals surface area contributed by atoms with E-state index in [1.165, 1.54) is 0 Å². The van der Waals surface area contributed by atoms with Crippen LogP contribution in [0.4, 0.5) is 0 Å². The monoisotopic (exact) mass is 267 g/mol. The SMILES string of the molecule is CC(C)(C)c1ccc(O)c(CN(CCO)CCO)c1. The fourth-order valence-corrected chi connectivity index (χ4v) is 1.97. The highest BCUT2D eigenvalue weighted by atomic mass is 16.3. The maximum Gasteiger partial charge on any atom is 0.120 e. The lowest BCUT2D eigenvalue weighted by Crippen LogP contribution is -2.29. The predicted molar refractivity (Wildman–Crippen MR) is 76.3 cm³/mol. The molecule has 0 radical (unpaired) electrons. The summed E-state index contributed by atoms with van der Waals surface area (Å²) in [5, 5.41) is 28.0. The van der Waals surface area contributed by atoms with Crippen LogP contribution in [0, 0.1) is 0 Å². The van der Waals surface area contributed by atoms with Crippen LogP contribution < -0.4 is 0 Å². The van der Waals surface area contributed by atoms with Crippen LogP contribution in [-0.4, -0.2) is 46.5 Å². The standard InChI is InChI=1S/C15H25NO3/c1-15(2,3)13-4-5-14(19)12(10-13)11-16(6-8-17)7-9-18/h4-5,10,17-19H,6-9,11H2,1-3H3. The number of phenolic OH excluding ortho intramolecular Hbond substituents is 1. The van der Waals surface area contributed by atoms with E-state index in [9.17, 15) is 5.11 Å². The Morgan fingerprint density at radius 1 is 1.05 bits per heavy atom. The van der Waals surface area contributed by atoms with Gasteiger partial charge in [0.05, 0.1) is 13.2 Å². The molecule has 0 saturated carbocycles. The van der Waals surface area contributed by atoms with Gasteiger partial charge in [0.1, 0.15) is 5.75 Å². The van der Waals surface area contributed by atoms with E-state index in [-0.39, 0.29) is 24.4 Å². The molecule has 3 N–H and O–H groups in total. The molecule has 0 atom stereocenters. The van der Waals surface area contributed by atoms with Gasteiger partial charge in [0.25, 0.3) is 0 Å². The molecule has 0 saturated heterocycles. The Labute approximate surface area is 115 Å². The Kier molecular flexibility index (Phi) is 5.79. The Bertz CT molecular complexity index is 393. The Hall–Kier alpha value is -1.10. The Morgan fingerprint density at radius 2 is 1.63 bits per heavy atom. The molecule has 1 rings (SSSR count).